The van der Waals surface area contributed by atoms with E-state index in [-0.39, 0.29) is 5.91 Å². The number of hydrogen-bond donors (Lipinski definition) is 0. The Bertz CT molecular complexity index is 322. The van der Waals surface area contributed by atoms with Crippen molar-refractivity contribution in [3.8, 4) is 12.3 Å². The SMILES string of the molecule is C#C[C@H]1CCC(=O)N1C(=O)OC(C)(C)C. The Morgan fingerprint density at radius 2 is 2.20 bits per heavy atom. The van der Waals surface area contributed by atoms with E-state index in [1.807, 2.05) is 0 Å². The van der Waals surface area contributed by atoms with E-state index in [1.54, 1.807) is 20.8 Å². The van der Waals surface area contributed by atoms with Gasteiger partial charge in [-0.3, -0.25) is 4.79 Å². The van der Waals surface area contributed by atoms with Crippen LogP contribution in [0.4, 0.5) is 4.79 Å². The third-order valence-corrected chi connectivity index (χ3v) is 1.99. The summed E-state index contributed by atoms with van der Waals surface area (Å²) < 4.78 is 5.09. The van der Waals surface area contributed by atoms with Gasteiger partial charge in [0.1, 0.15) is 11.6 Å². The predicted molar refractivity (Wildman–Crippen MR) is 54.9 cm³/mol. The molecule has 0 radical (unpaired) electrons. The summed E-state index contributed by atoms with van der Waals surface area (Å²) in [5.41, 5.74) is -0.612. The first-order valence-electron chi connectivity index (χ1n) is 4.86. The van der Waals surface area contributed by atoms with Crippen molar-refractivity contribution in [1.29, 1.82) is 0 Å². The average Bonchev–Trinajstić information content (AvgIpc) is 2.43. The molecular weight excluding hydrogens is 194 g/mol. The summed E-state index contributed by atoms with van der Waals surface area (Å²) in [5, 5.41) is 0. The highest BCUT2D eigenvalue weighted by molar-refractivity contribution is 5.94. The molecule has 0 bridgehead atoms. The predicted octanol–water partition coefficient (Wildman–Crippen LogP) is 1.55. The molecule has 1 fully saturated rings. The lowest BCUT2D eigenvalue weighted by Crippen LogP contribution is -2.41. The van der Waals surface area contributed by atoms with Crippen LogP contribution in [-0.2, 0) is 9.53 Å². The molecule has 1 atom stereocenters. The highest BCUT2D eigenvalue weighted by Crippen LogP contribution is 2.21. The second kappa shape index (κ2) is 3.93. The average molecular weight is 209 g/mol. The molecule has 1 aliphatic rings. The third kappa shape index (κ3) is 2.72. The number of carbonyl (C=O) groups excluding carboxylic acids is 2. The molecule has 1 saturated heterocycles. The van der Waals surface area contributed by atoms with Gasteiger partial charge in [-0.15, -0.1) is 6.42 Å². The maximum atomic E-state index is 11.6. The van der Waals surface area contributed by atoms with Crippen LogP contribution in [0, 0.1) is 12.3 Å². The molecule has 0 N–H and O–H groups in total. The normalized spacial score (nSPS) is 21.3. The first kappa shape index (κ1) is 11.6. The van der Waals surface area contributed by atoms with Crippen LogP contribution in [0.15, 0.2) is 0 Å². The highest BCUT2D eigenvalue weighted by atomic mass is 16.6. The summed E-state index contributed by atoms with van der Waals surface area (Å²) in [6.07, 6.45) is 5.43. The van der Waals surface area contributed by atoms with Crippen molar-refractivity contribution in [2.24, 2.45) is 0 Å². The van der Waals surface area contributed by atoms with Crippen molar-refractivity contribution in [2.45, 2.75) is 45.3 Å². The van der Waals surface area contributed by atoms with Crippen LogP contribution in [0.25, 0.3) is 0 Å². The molecule has 0 spiro atoms. The van der Waals surface area contributed by atoms with Crippen molar-refractivity contribution >= 4 is 12.0 Å². The van der Waals surface area contributed by atoms with Crippen molar-refractivity contribution in [3.05, 3.63) is 0 Å². The number of imide groups is 1. The summed E-state index contributed by atoms with van der Waals surface area (Å²) in [6, 6.07) is -0.452. The van der Waals surface area contributed by atoms with Gasteiger partial charge in [-0.25, -0.2) is 9.69 Å². The molecular formula is C11H15NO3. The minimum absolute atomic E-state index is 0.257. The fourth-order valence-corrected chi connectivity index (χ4v) is 1.38. The smallest absolute Gasteiger partial charge is 0.418 e. The van der Waals surface area contributed by atoms with Gasteiger partial charge >= 0.3 is 6.09 Å². The zero-order chi connectivity index (χ0) is 11.6. The molecule has 2 amide bonds. The molecule has 0 aromatic rings. The molecule has 0 saturated carbocycles. The molecule has 1 rings (SSSR count). The maximum Gasteiger partial charge on any atom is 0.418 e. The molecule has 0 aromatic carbocycles. The lowest BCUT2D eigenvalue weighted by Gasteiger charge is -2.25. The molecule has 15 heavy (non-hydrogen) atoms. The summed E-state index contributed by atoms with van der Waals surface area (Å²) in [7, 11) is 0. The van der Waals surface area contributed by atoms with E-state index in [0.717, 1.165) is 4.90 Å². The molecule has 4 heteroatoms. The van der Waals surface area contributed by atoms with E-state index in [1.165, 1.54) is 0 Å². The van der Waals surface area contributed by atoms with Gasteiger partial charge in [0, 0.05) is 6.42 Å². The van der Waals surface area contributed by atoms with Gasteiger partial charge in [0.15, 0.2) is 0 Å². The number of ether oxygens (including phenoxy) is 1. The Labute approximate surface area is 89.6 Å². The van der Waals surface area contributed by atoms with Crippen LogP contribution in [0.1, 0.15) is 33.6 Å². The molecule has 1 aliphatic heterocycles. The van der Waals surface area contributed by atoms with Crippen LogP contribution in [0.3, 0.4) is 0 Å². The fourth-order valence-electron chi connectivity index (χ4n) is 1.38. The maximum absolute atomic E-state index is 11.6. The van der Waals surface area contributed by atoms with Crippen LogP contribution in [0.5, 0.6) is 0 Å². The summed E-state index contributed by atoms with van der Waals surface area (Å²) >= 11 is 0. The number of rotatable bonds is 0. The number of terminal acetylenes is 1. The van der Waals surface area contributed by atoms with Gasteiger partial charge in [-0.1, -0.05) is 5.92 Å². The van der Waals surface area contributed by atoms with E-state index >= 15 is 0 Å². The van der Waals surface area contributed by atoms with E-state index in [9.17, 15) is 9.59 Å². The Morgan fingerprint density at radius 1 is 1.60 bits per heavy atom. The number of carbonyl (C=O) groups is 2. The zero-order valence-electron chi connectivity index (χ0n) is 9.24. The van der Waals surface area contributed by atoms with Crippen molar-refractivity contribution < 1.29 is 14.3 Å². The van der Waals surface area contributed by atoms with Crippen LogP contribution in [0.2, 0.25) is 0 Å². The van der Waals surface area contributed by atoms with Gasteiger partial charge in [0.2, 0.25) is 5.91 Å². The Morgan fingerprint density at radius 3 is 2.67 bits per heavy atom. The number of nitrogens with zero attached hydrogens (tertiary/aromatic N) is 1. The van der Waals surface area contributed by atoms with Gasteiger partial charge in [0.25, 0.3) is 0 Å². The minimum atomic E-state index is -0.645. The Hall–Kier alpha value is -1.50. The third-order valence-electron chi connectivity index (χ3n) is 1.99. The number of amides is 2. The standard InChI is InChI=1S/C11H15NO3/c1-5-8-6-7-9(13)12(8)10(14)15-11(2,3)4/h1,8H,6-7H2,2-4H3/t8-/m0/s1. The second-order valence-corrected chi connectivity index (χ2v) is 4.47. The lowest BCUT2D eigenvalue weighted by molar-refractivity contribution is -0.127. The molecule has 82 valence electrons. The number of likely N-dealkylation sites (tertiary alicyclic amines) is 1. The van der Waals surface area contributed by atoms with Crippen molar-refractivity contribution in [3.63, 3.8) is 0 Å². The van der Waals surface area contributed by atoms with E-state index in [0.29, 0.717) is 12.8 Å². The van der Waals surface area contributed by atoms with Crippen molar-refractivity contribution in [2.75, 3.05) is 0 Å². The van der Waals surface area contributed by atoms with Gasteiger partial charge < -0.3 is 4.74 Å². The summed E-state index contributed by atoms with van der Waals surface area (Å²) in [4.78, 5) is 24.1. The van der Waals surface area contributed by atoms with Gasteiger partial charge in [0.05, 0.1) is 0 Å². The minimum Gasteiger partial charge on any atom is -0.443 e. The Kier molecular flexibility index (Phi) is 3.04. The van der Waals surface area contributed by atoms with Crippen LogP contribution >= 0.6 is 0 Å². The molecule has 0 aromatic heterocycles. The molecule has 4 nitrogen and oxygen atoms in total. The number of hydrogen-bond acceptors (Lipinski definition) is 3. The van der Waals surface area contributed by atoms with E-state index in [4.69, 9.17) is 11.2 Å². The topological polar surface area (TPSA) is 46.6 Å². The van der Waals surface area contributed by atoms with Crippen molar-refractivity contribution in [1.82, 2.24) is 4.90 Å². The molecule has 0 aliphatic carbocycles. The first-order chi connectivity index (χ1) is 6.85. The molecule has 1 heterocycles. The van der Waals surface area contributed by atoms with Gasteiger partial charge in [-0.05, 0) is 27.2 Å². The van der Waals surface area contributed by atoms with E-state index in [2.05, 4.69) is 5.92 Å². The molecule has 0 unspecified atom stereocenters. The first-order valence-corrected chi connectivity index (χ1v) is 4.86. The van der Waals surface area contributed by atoms with E-state index < -0.39 is 17.7 Å². The quantitative estimate of drug-likeness (QED) is 0.568. The lowest BCUT2D eigenvalue weighted by atomic mass is 10.2. The van der Waals surface area contributed by atoms with Crippen LogP contribution in [-0.4, -0.2) is 28.5 Å². The summed E-state index contributed by atoms with van der Waals surface area (Å²) in [6.45, 7) is 5.24. The zero-order valence-corrected chi connectivity index (χ0v) is 9.24. The highest BCUT2D eigenvalue weighted by Gasteiger charge is 2.37. The second-order valence-electron chi connectivity index (χ2n) is 4.47. The Balaban J connectivity index is 2.74. The fraction of sp³-hybridized carbons (Fsp3) is 0.636. The van der Waals surface area contributed by atoms with Crippen LogP contribution < -0.4 is 0 Å². The monoisotopic (exact) mass is 209 g/mol. The largest absolute Gasteiger partial charge is 0.443 e. The van der Waals surface area contributed by atoms with Gasteiger partial charge in [-0.2, -0.15) is 0 Å². The summed E-state index contributed by atoms with van der Waals surface area (Å²) in [5.74, 6) is 2.16.